The van der Waals surface area contributed by atoms with Gasteiger partial charge in [0.05, 0.1) is 15.4 Å². The summed E-state index contributed by atoms with van der Waals surface area (Å²) in [4.78, 5) is 12.6. The van der Waals surface area contributed by atoms with Crippen LogP contribution in [0.3, 0.4) is 0 Å². The summed E-state index contributed by atoms with van der Waals surface area (Å²) < 4.78 is 5.64. The molecule has 1 aliphatic rings. The van der Waals surface area contributed by atoms with Crippen molar-refractivity contribution in [3.05, 3.63) is 70.3 Å². The number of rotatable bonds is 8. The van der Waals surface area contributed by atoms with Gasteiger partial charge in [0.25, 0.3) is 0 Å². The van der Waals surface area contributed by atoms with Gasteiger partial charge in [0, 0.05) is 42.7 Å². The topological polar surface area (TPSA) is 70.5 Å². The van der Waals surface area contributed by atoms with Crippen LogP contribution in [-0.2, 0) is 0 Å². The number of aliphatic hydroxyl groups excluding tert-OH is 1. The van der Waals surface area contributed by atoms with Crippen molar-refractivity contribution in [2.45, 2.75) is 25.0 Å². The number of aromatic nitrogens is 2. The van der Waals surface area contributed by atoms with Gasteiger partial charge in [0.15, 0.2) is 0 Å². The van der Waals surface area contributed by atoms with Crippen LogP contribution < -0.4 is 15.0 Å². The van der Waals surface area contributed by atoms with Crippen molar-refractivity contribution in [3.63, 3.8) is 0 Å². The highest BCUT2D eigenvalue weighted by Crippen LogP contribution is 2.38. The van der Waals surface area contributed by atoms with E-state index in [1.807, 2.05) is 6.07 Å². The Labute approximate surface area is 218 Å². The third-order valence-electron chi connectivity index (χ3n) is 6.21. The smallest absolute Gasteiger partial charge is 0.141 e. The lowest BCUT2D eigenvalue weighted by atomic mass is 10.0. The third kappa shape index (κ3) is 5.71. The molecule has 2 aromatic heterocycles. The Bertz CT molecular complexity index is 1280. The summed E-state index contributed by atoms with van der Waals surface area (Å²) in [6.45, 7) is 2.43. The molecule has 4 aromatic rings. The van der Waals surface area contributed by atoms with Crippen molar-refractivity contribution in [2.75, 3.05) is 31.1 Å². The average molecular weight is 529 g/mol. The van der Waals surface area contributed by atoms with Gasteiger partial charge in [0.2, 0.25) is 0 Å². The van der Waals surface area contributed by atoms with E-state index in [-0.39, 0.29) is 6.61 Å². The van der Waals surface area contributed by atoms with Gasteiger partial charge in [-0.05, 0) is 30.5 Å². The Kier molecular flexibility index (Phi) is 7.70. The van der Waals surface area contributed by atoms with Crippen LogP contribution in [0.4, 0.5) is 5.82 Å². The third-order valence-corrected chi connectivity index (χ3v) is 7.83. The number of piperidine rings is 1. The molecule has 2 aromatic carbocycles. The zero-order chi connectivity index (χ0) is 24.2. The molecular weight excluding hydrogens is 503 g/mol. The second kappa shape index (κ2) is 11.1. The summed E-state index contributed by atoms with van der Waals surface area (Å²) in [6.07, 6.45) is 2.98. The molecule has 3 heterocycles. The van der Waals surface area contributed by atoms with Crippen LogP contribution in [-0.4, -0.2) is 53.5 Å². The number of thiophene rings is 1. The molecule has 35 heavy (non-hydrogen) atoms. The van der Waals surface area contributed by atoms with Gasteiger partial charge in [0.1, 0.15) is 35.4 Å². The second-order valence-corrected chi connectivity index (χ2v) is 10.3. The molecule has 0 aliphatic carbocycles. The van der Waals surface area contributed by atoms with Crippen molar-refractivity contribution in [3.8, 4) is 16.9 Å². The SMILES string of the molecule is OC(CNC1CCN(c2ncnc3scc(-c4ccccc4)c23)CC1)COc1ccc(Cl)c(Cl)c1. The van der Waals surface area contributed by atoms with E-state index in [9.17, 15) is 5.11 Å². The predicted molar refractivity (Wildman–Crippen MR) is 144 cm³/mol. The highest BCUT2D eigenvalue weighted by atomic mass is 35.5. The van der Waals surface area contributed by atoms with E-state index in [2.05, 4.69) is 49.8 Å². The first-order valence-corrected chi connectivity index (χ1v) is 13.2. The molecule has 0 spiro atoms. The molecule has 5 rings (SSSR count). The van der Waals surface area contributed by atoms with Crippen LogP contribution in [0.25, 0.3) is 21.3 Å². The van der Waals surface area contributed by atoms with Crippen LogP contribution in [0.15, 0.2) is 60.2 Å². The van der Waals surface area contributed by atoms with Gasteiger partial charge in [-0.2, -0.15) is 0 Å². The van der Waals surface area contributed by atoms with Crippen LogP contribution in [0, 0.1) is 0 Å². The van der Waals surface area contributed by atoms with Crippen LogP contribution in [0.5, 0.6) is 5.75 Å². The molecule has 2 N–H and O–H groups in total. The molecule has 0 radical (unpaired) electrons. The van der Waals surface area contributed by atoms with E-state index >= 15 is 0 Å². The highest BCUT2D eigenvalue weighted by Gasteiger charge is 2.24. The van der Waals surface area contributed by atoms with E-state index in [1.165, 1.54) is 11.1 Å². The van der Waals surface area contributed by atoms with Gasteiger partial charge in [-0.1, -0.05) is 53.5 Å². The van der Waals surface area contributed by atoms with E-state index in [0.29, 0.717) is 28.4 Å². The maximum absolute atomic E-state index is 10.4. The van der Waals surface area contributed by atoms with Crippen LogP contribution in [0.1, 0.15) is 12.8 Å². The summed E-state index contributed by atoms with van der Waals surface area (Å²) >= 11 is 13.6. The van der Waals surface area contributed by atoms with Gasteiger partial charge in [-0.25, -0.2) is 9.97 Å². The molecule has 1 unspecified atom stereocenters. The van der Waals surface area contributed by atoms with Gasteiger partial charge in [-0.15, -0.1) is 11.3 Å². The van der Waals surface area contributed by atoms with E-state index in [1.54, 1.807) is 35.9 Å². The Morgan fingerprint density at radius 1 is 1.09 bits per heavy atom. The van der Waals surface area contributed by atoms with Crippen molar-refractivity contribution < 1.29 is 9.84 Å². The number of ether oxygens (including phenoxy) is 1. The number of nitrogens with zero attached hydrogens (tertiary/aromatic N) is 3. The van der Waals surface area contributed by atoms with Gasteiger partial charge < -0.3 is 20.1 Å². The molecule has 9 heteroatoms. The molecule has 1 aliphatic heterocycles. The Morgan fingerprint density at radius 2 is 1.89 bits per heavy atom. The maximum atomic E-state index is 10.4. The van der Waals surface area contributed by atoms with Crippen molar-refractivity contribution in [1.29, 1.82) is 0 Å². The molecule has 1 fully saturated rings. The Hall–Kier alpha value is -2.42. The van der Waals surface area contributed by atoms with E-state index in [0.717, 1.165) is 42.0 Å². The number of benzene rings is 2. The minimum atomic E-state index is -0.622. The van der Waals surface area contributed by atoms with E-state index in [4.69, 9.17) is 27.9 Å². The lowest BCUT2D eigenvalue weighted by Crippen LogP contribution is -2.45. The first-order chi connectivity index (χ1) is 17.1. The van der Waals surface area contributed by atoms with Gasteiger partial charge >= 0.3 is 0 Å². The maximum Gasteiger partial charge on any atom is 0.141 e. The fraction of sp³-hybridized carbons (Fsp3) is 0.308. The molecule has 1 saturated heterocycles. The van der Waals surface area contributed by atoms with Crippen molar-refractivity contribution in [1.82, 2.24) is 15.3 Å². The fourth-order valence-electron chi connectivity index (χ4n) is 4.35. The highest BCUT2D eigenvalue weighted by molar-refractivity contribution is 7.17. The summed E-state index contributed by atoms with van der Waals surface area (Å²) in [5, 5.41) is 18.1. The lowest BCUT2D eigenvalue weighted by molar-refractivity contribution is 0.102. The number of fused-ring (bicyclic) bond motifs is 1. The molecule has 1 atom stereocenters. The molecule has 182 valence electrons. The molecular formula is C26H26Cl2N4O2S. The average Bonchev–Trinajstić information content (AvgIpc) is 3.33. The monoisotopic (exact) mass is 528 g/mol. The summed E-state index contributed by atoms with van der Waals surface area (Å²) in [6, 6.07) is 15.8. The minimum Gasteiger partial charge on any atom is -0.491 e. The number of halogens is 2. The molecule has 0 bridgehead atoms. The van der Waals surface area contributed by atoms with E-state index < -0.39 is 6.10 Å². The first kappa shape index (κ1) is 24.3. The van der Waals surface area contributed by atoms with Crippen LogP contribution >= 0.6 is 34.5 Å². The number of hydrogen-bond acceptors (Lipinski definition) is 7. The minimum absolute atomic E-state index is 0.184. The summed E-state index contributed by atoms with van der Waals surface area (Å²) in [7, 11) is 0. The molecule has 6 nitrogen and oxygen atoms in total. The van der Waals surface area contributed by atoms with Crippen molar-refractivity contribution in [2.24, 2.45) is 0 Å². The van der Waals surface area contributed by atoms with Crippen LogP contribution in [0.2, 0.25) is 10.0 Å². The standard InChI is InChI=1S/C26H26Cl2N4O2S/c27-22-7-6-20(12-23(22)28)34-14-19(33)13-29-18-8-10-32(11-9-18)25-24-21(17-4-2-1-3-5-17)15-35-26(24)31-16-30-25/h1-7,12,15-16,18-19,29,33H,8-11,13-14H2. The number of anilines is 1. The Balaban J connectivity index is 1.16. The largest absolute Gasteiger partial charge is 0.491 e. The summed E-state index contributed by atoms with van der Waals surface area (Å²) in [5.74, 6) is 1.59. The normalized spacial score (nSPS) is 15.5. The lowest BCUT2D eigenvalue weighted by Gasteiger charge is -2.34. The number of aliphatic hydroxyl groups is 1. The number of nitrogens with one attached hydrogen (secondary N) is 1. The second-order valence-electron chi connectivity index (χ2n) is 8.60. The Morgan fingerprint density at radius 3 is 2.66 bits per heavy atom. The first-order valence-electron chi connectivity index (χ1n) is 11.6. The summed E-state index contributed by atoms with van der Waals surface area (Å²) in [5.41, 5.74) is 2.37. The quantitative estimate of drug-likeness (QED) is 0.307. The van der Waals surface area contributed by atoms with Gasteiger partial charge in [-0.3, -0.25) is 0 Å². The van der Waals surface area contributed by atoms with Crippen molar-refractivity contribution >= 4 is 50.6 Å². The zero-order valence-electron chi connectivity index (χ0n) is 19.0. The predicted octanol–water partition coefficient (Wildman–Crippen LogP) is 5.66. The fourth-order valence-corrected chi connectivity index (χ4v) is 5.54. The molecule has 0 amide bonds. The zero-order valence-corrected chi connectivity index (χ0v) is 21.4. The molecule has 0 saturated carbocycles. The number of hydrogen-bond donors (Lipinski definition) is 2.